The minimum Gasteiger partial charge on any atom is -0.489 e. The molecule has 5 atom stereocenters. The van der Waals surface area contributed by atoms with Crippen LogP contribution in [0.25, 0.3) is 0 Å². The zero-order valence-corrected chi connectivity index (χ0v) is 15.9. The summed E-state index contributed by atoms with van der Waals surface area (Å²) in [6, 6.07) is 8.59. The zero-order valence-electron chi connectivity index (χ0n) is 15.9. The third-order valence-electron chi connectivity index (χ3n) is 6.75. The number of nitrogens with zero attached hydrogens (tertiary/aromatic N) is 2. The molecule has 0 amide bonds. The molecule has 0 fully saturated rings. The van der Waals surface area contributed by atoms with Gasteiger partial charge in [-0.15, -0.1) is 0 Å². The molecular weight excluding hydrogens is 320 g/mol. The lowest BCUT2D eigenvalue weighted by atomic mass is 9.74. The summed E-state index contributed by atoms with van der Waals surface area (Å²) in [5, 5.41) is 0. The fourth-order valence-electron chi connectivity index (χ4n) is 5.56. The number of hydrogen-bond acceptors (Lipinski definition) is 3. The van der Waals surface area contributed by atoms with Crippen molar-refractivity contribution in [1.29, 1.82) is 0 Å². The molecule has 26 heavy (non-hydrogen) atoms. The van der Waals surface area contributed by atoms with Crippen LogP contribution in [0.4, 0.5) is 0 Å². The lowest BCUT2D eigenvalue weighted by Gasteiger charge is -2.44. The number of ether oxygens (including phenoxy) is 1. The molecule has 4 aliphatic rings. The van der Waals surface area contributed by atoms with Gasteiger partial charge >= 0.3 is 0 Å². The number of para-hydroxylation sites is 1. The Balaban J connectivity index is 1.54. The van der Waals surface area contributed by atoms with Crippen LogP contribution in [0.15, 0.2) is 60.0 Å². The maximum atomic E-state index is 6.56. The Morgan fingerprint density at radius 1 is 1.19 bits per heavy atom. The van der Waals surface area contributed by atoms with Crippen molar-refractivity contribution in [2.24, 2.45) is 11.8 Å². The van der Waals surface area contributed by atoms with Gasteiger partial charge in [0.05, 0.1) is 5.70 Å². The smallest absolute Gasteiger partial charge is 0.123 e. The van der Waals surface area contributed by atoms with Gasteiger partial charge in [-0.25, -0.2) is 0 Å². The van der Waals surface area contributed by atoms with Crippen molar-refractivity contribution in [3.8, 4) is 5.75 Å². The average molecular weight is 348 g/mol. The minimum absolute atomic E-state index is 0.222. The first-order valence-electron chi connectivity index (χ1n) is 10.0. The molecule has 0 saturated heterocycles. The number of hydrogen-bond donors (Lipinski definition) is 0. The summed E-state index contributed by atoms with van der Waals surface area (Å²) in [7, 11) is 2.27. The molecule has 4 unspecified atom stereocenters. The molecular formula is C23H28N2O. The summed E-state index contributed by atoms with van der Waals surface area (Å²) in [6.45, 7) is 5.71. The number of rotatable bonds is 2. The van der Waals surface area contributed by atoms with Gasteiger partial charge < -0.3 is 14.5 Å². The van der Waals surface area contributed by atoms with Gasteiger partial charge in [-0.05, 0) is 37.8 Å². The fraction of sp³-hybridized carbons (Fsp3) is 0.478. The average Bonchev–Trinajstić information content (AvgIpc) is 3.17. The van der Waals surface area contributed by atoms with E-state index in [4.69, 9.17) is 4.74 Å². The molecule has 2 heterocycles. The summed E-state index contributed by atoms with van der Waals surface area (Å²) in [4.78, 5) is 5.15. The summed E-state index contributed by atoms with van der Waals surface area (Å²) >= 11 is 0. The molecule has 2 aliphatic heterocycles. The van der Waals surface area contributed by atoms with Crippen LogP contribution in [0.5, 0.6) is 5.75 Å². The lowest BCUT2D eigenvalue weighted by Crippen LogP contribution is -2.53. The SMILES string of the molecule is CCN1C2=C(C=CCC2)N(C)C1C1C(C)C=CC2c3ccccc3O[C@@H]21. The molecule has 0 aromatic heterocycles. The van der Waals surface area contributed by atoms with Crippen molar-refractivity contribution in [1.82, 2.24) is 9.80 Å². The van der Waals surface area contributed by atoms with Gasteiger partial charge in [-0.2, -0.15) is 0 Å². The molecule has 0 radical (unpaired) electrons. The molecule has 3 nitrogen and oxygen atoms in total. The maximum Gasteiger partial charge on any atom is 0.123 e. The van der Waals surface area contributed by atoms with Crippen molar-refractivity contribution in [2.45, 2.75) is 44.9 Å². The van der Waals surface area contributed by atoms with Gasteiger partial charge in [0.2, 0.25) is 0 Å². The Bertz CT molecular complexity index is 808. The van der Waals surface area contributed by atoms with Crippen LogP contribution in [0, 0.1) is 11.8 Å². The Hall–Kier alpha value is -2.16. The van der Waals surface area contributed by atoms with Crippen LogP contribution in [0.3, 0.4) is 0 Å². The first-order valence-corrected chi connectivity index (χ1v) is 10.0. The van der Waals surface area contributed by atoms with E-state index >= 15 is 0 Å². The first kappa shape index (κ1) is 16.0. The topological polar surface area (TPSA) is 15.7 Å². The highest BCUT2D eigenvalue weighted by atomic mass is 16.5. The minimum atomic E-state index is 0.222. The molecule has 0 saturated carbocycles. The fourth-order valence-corrected chi connectivity index (χ4v) is 5.56. The molecule has 0 bridgehead atoms. The van der Waals surface area contributed by atoms with Crippen LogP contribution >= 0.6 is 0 Å². The zero-order chi connectivity index (χ0) is 17.8. The highest BCUT2D eigenvalue weighted by Gasteiger charge is 2.50. The van der Waals surface area contributed by atoms with E-state index in [1.807, 2.05) is 0 Å². The summed E-state index contributed by atoms with van der Waals surface area (Å²) in [5.74, 6) is 2.40. The van der Waals surface area contributed by atoms with Crippen LogP contribution in [0.2, 0.25) is 0 Å². The summed E-state index contributed by atoms with van der Waals surface area (Å²) in [5.41, 5.74) is 4.29. The first-order chi connectivity index (χ1) is 12.7. The third-order valence-corrected chi connectivity index (χ3v) is 6.75. The van der Waals surface area contributed by atoms with Crippen molar-refractivity contribution in [2.75, 3.05) is 13.6 Å². The van der Waals surface area contributed by atoms with Crippen molar-refractivity contribution in [3.05, 3.63) is 65.5 Å². The quantitative estimate of drug-likeness (QED) is 0.732. The van der Waals surface area contributed by atoms with E-state index in [2.05, 4.69) is 79.3 Å². The van der Waals surface area contributed by atoms with E-state index in [1.54, 1.807) is 0 Å². The van der Waals surface area contributed by atoms with Gasteiger partial charge in [0.25, 0.3) is 0 Å². The molecule has 2 aliphatic carbocycles. The molecule has 5 rings (SSSR count). The highest BCUT2D eigenvalue weighted by Crippen LogP contribution is 2.50. The van der Waals surface area contributed by atoms with Crippen molar-refractivity contribution >= 4 is 0 Å². The van der Waals surface area contributed by atoms with Gasteiger partial charge in [0.15, 0.2) is 0 Å². The third kappa shape index (κ3) is 2.12. The number of fused-ring (bicyclic) bond motifs is 3. The van der Waals surface area contributed by atoms with E-state index in [9.17, 15) is 0 Å². The Kier molecular flexibility index (Phi) is 3.66. The summed E-state index contributed by atoms with van der Waals surface area (Å²) < 4.78 is 6.56. The maximum absolute atomic E-state index is 6.56. The monoisotopic (exact) mass is 348 g/mol. The van der Waals surface area contributed by atoms with Gasteiger partial charge in [-0.1, -0.05) is 43.4 Å². The van der Waals surface area contributed by atoms with Gasteiger partial charge in [0.1, 0.15) is 18.0 Å². The van der Waals surface area contributed by atoms with Gasteiger partial charge in [-0.3, -0.25) is 0 Å². The molecule has 136 valence electrons. The Labute approximate surface area is 156 Å². The van der Waals surface area contributed by atoms with Crippen molar-refractivity contribution in [3.63, 3.8) is 0 Å². The number of benzene rings is 1. The Morgan fingerprint density at radius 3 is 2.88 bits per heavy atom. The van der Waals surface area contributed by atoms with E-state index in [0.29, 0.717) is 23.9 Å². The van der Waals surface area contributed by atoms with E-state index in [-0.39, 0.29) is 6.10 Å². The normalized spacial score (nSPS) is 34.7. The van der Waals surface area contributed by atoms with E-state index in [1.165, 1.54) is 17.0 Å². The highest BCUT2D eigenvalue weighted by molar-refractivity contribution is 5.45. The van der Waals surface area contributed by atoms with E-state index < -0.39 is 0 Å². The molecule has 0 N–H and O–H groups in total. The lowest BCUT2D eigenvalue weighted by molar-refractivity contribution is 0.00434. The van der Waals surface area contributed by atoms with E-state index in [0.717, 1.165) is 25.1 Å². The Morgan fingerprint density at radius 2 is 2.04 bits per heavy atom. The number of allylic oxidation sites excluding steroid dienone is 4. The van der Waals surface area contributed by atoms with Crippen molar-refractivity contribution < 1.29 is 4.74 Å². The second-order valence-corrected chi connectivity index (χ2v) is 8.05. The van der Waals surface area contributed by atoms with Crippen LogP contribution in [-0.4, -0.2) is 35.7 Å². The largest absolute Gasteiger partial charge is 0.489 e. The second-order valence-electron chi connectivity index (χ2n) is 8.05. The standard InChI is InChI=1S/C23H28N2O/c1-4-25-19-11-7-6-10-18(19)24(3)23(25)21-15(2)13-14-17-16-9-5-8-12-20(16)26-22(17)21/h5-6,8-10,12-15,17,21-23H,4,7,11H2,1-3H3/t15?,17?,21?,22-,23?/m0/s1. The molecule has 0 spiro atoms. The number of likely N-dealkylation sites (N-methyl/N-ethyl adjacent to an activating group) is 1. The molecule has 3 heteroatoms. The predicted octanol–water partition coefficient (Wildman–Crippen LogP) is 4.51. The van der Waals surface area contributed by atoms with Gasteiger partial charge in [0, 0.05) is 36.7 Å². The predicted molar refractivity (Wildman–Crippen MR) is 105 cm³/mol. The molecule has 1 aromatic carbocycles. The van der Waals surface area contributed by atoms with Crippen LogP contribution in [-0.2, 0) is 0 Å². The summed E-state index contributed by atoms with van der Waals surface area (Å²) in [6.07, 6.45) is 12.4. The van der Waals surface area contributed by atoms with Crippen LogP contribution in [0.1, 0.15) is 38.2 Å². The second kappa shape index (κ2) is 5.94. The molecule has 1 aromatic rings. The van der Waals surface area contributed by atoms with Crippen LogP contribution < -0.4 is 4.74 Å².